The summed E-state index contributed by atoms with van der Waals surface area (Å²) in [6, 6.07) is 9.10. The lowest BCUT2D eigenvalue weighted by Crippen LogP contribution is -2.49. The van der Waals surface area contributed by atoms with Crippen molar-refractivity contribution < 1.29 is 19.4 Å². The van der Waals surface area contributed by atoms with E-state index in [-0.39, 0.29) is 0 Å². The van der Waals surface area contributed by atoms with Gasteiger partial charge in [-0.05, 0) is 30.3 Å². The number of nitrogens with two attached hydrogens (primary N) is 1. The molecule has 1 saturated heterocycles. The highest BCUT2D eigenvalue weighted by Crippen LogP contribution is 2.45. The van der Waals surface area contributed by atoms with Gasteiger partial charge in [-0.25, -0.2) is 4.79 Å². The van der Waals surface area contributed by atoms with Gasteiger partial charge in [0.15, 0.2) is 5.60 Å². The quantitative estimate of drug-likeness (QED) is 0.836. The number of likely N-dealkylation sites (tertiary alicyclic amines) is 1. The van der Waals surface area contributed by atoms with Crippen molar-refractivity contribution in [3.8, 4) is 11.4 Å². The first-order valence-electron chi connectivity index (χ1n) is 7.79. The molecule has 2 aliphatic rings. The van der Waals surface area contributed by atoms with Crippen LogP contribution in [-0.4, -0.2) is 39.7 Å². The smallest absolute Gasteiger partial charge is 0.407 e. The van der Waals surface area contributed by atoms with Crippen molar-refractivity contribution in [2.45, 2.75) is 18.4 Å². The number of hydrogen-bond donors (Lipinski definition) is 2. The maximum absolute atomic E-state index is 11.5. The third-order valence-corrected chi connectivity index (χ3v) is 4.87. The fraction of sp³-hybridized carbons (Fsp3) is 0.294. The monoisotopic (exact) mass is 327 g/mol. The number of amides is 2. The number of primary amides is 1. The molecule has 1 fully saturated rings. The molecule has 1 spiro atoms. The number of carbonyl (C=O) groups excluding carboxylic acids is 1. The Bertz CT molecular complexity index is 834. The van der Waals surface area contributed by atoms with Crippen LogP contribution >= 0.6 is 0 Å². The van der Waals surface area contributed by atoms with Crippen LogP contribution in [0, 0.1) is 0 Å². The minimum absolute atomic E-state index is 0.391. The zero-order valence-electron chi connectivity index (χ0n) is 12.9. The van der Waals surface area contributed by atoms with Crippen LogP contribution in [-0.2, 0) is 5.60 Å². The third-order valence-electron chi connectivity index (χ3n) is 4.87. The van der Waals surface area contributed by atoms with E-state index in [1.54, 1.807) is 12.1 Å². The van der Waals surface area contributed by atoms with Gasteiger partial charge < -0.3 is 25.0 Å². The largest absolute Gasteiger partial charge is 0.479 e. The molecule has 1 aromatic carbocycles. The molecule has 7 heteroatoms. The first kappa shape index (κ1) is 14.6. The molecule has 0 aliphatic carbocycles. The maximum Gasteiger partial charge on any atom is 0.407 e. The number of piperidine rings is 1. The molecule has 2 amide bonds. The average molecular weight is 327 g/mol. The van der Waals surface area contributed by atoms with Crippen LogP contribution in [0.3, 0.4) is 0 Å². The highest BCUT2D eigenvalue weighted by Gasteiger charge is 2.44. The number of hydrogen-bond acceptors (Lipinski definition) is 3. The van der Waals surface area contributed by atoms with Crippen molar-refractivity contribution in [2.75, 3.05) is 13.1 Å². The lowest BCUT2D eigenvalue weighted by atomic mass is 9.86. The summed E-state index contributed by atoms with van der Waals surface area (Å²) in [5, 5.41) is 9.16. The number of fused-ring (bicyclic) bond motifs is 4. The lowest BCUT2D eigenvalue weighted by molar-refractivity contribution is -0.00898. The Morgan fingerprint density at radius 2 is 1.96 bits per heavy atom. The Balaban J connectivity index is 1.76. The number of nitrogens with zero attached hydrogens (tertiary/aromatic N) is 2. The lowest BCUT2D eigenvalue weighted by Gasteiger charge is -2.44. The fourth-order valence-electron chi connectivity index (χ4n) is 3.59. The van der Waals surface area contributed by atoms with E-state index >= 15 is 0 Å². The van der Waals surface area contributed by atoms with Crippen LogP contribution in [0.1, 0.15) is 28.9 Å². The van der Waals surface area contributed by atoms with Crippen LogP contribution in [0.15, 0.2) is 36.5 Å². The molecule has 0 saturated carbocycles. The van der Waals surface area contributed by atoms with Crippen LogP contribution in [0.2, 0.25) is 0 Å². The molecule has 4 rings (SSSR count). The second-order valence-electron chi connectivity index (χ2n) is 6.18. The summed E-state index contributed by atoms with van der Waals surface area (Å²) in [5.74, 6) is 0.0909. The molecule has 7 nitrogen and oxygen atoms in total. The van der Waals surface area contributed by atoms with Crippen molar-refractivity contribution in [1.82, 2.24) is 9.47 Å². The number of carboxylic acid groups (broad SMARTS) is 1. The molecule has 0 radical (unpaired) electrons. The van der Waals surface area contributed by atoms with Crippen molar-refractivity contribution in [2.24, 2.45) is 5.73 Å². The number of benzene rings is 1. The molecule has 0 bridgehead atoms. The van der Waals surface area contributed by atoms with Crippen LogP contribution in [0.4, 0.5) is 4.79 Å². The summed E-state index contributed by atoms with van der Waals surface area (Å²) in [6.45, 7) is 0.816. The van der Waals surface area contributed by atoms with Crippen LogP contribution in [0.5, 0.6) is 5.75 Å². The van der Waals surface area contributed by atoms with E-state index in [1.165, 1.54) is 4.90 Å². The van der Waals surface area contributed by atoms with Crippen molar-refractivity contribution >= 4 is 12.0 Å². The third kappa shape index (κ3) is 2.05. The minimum atomic E-state index is -0.910. The summed E-state index contributed by atoms with van der Waals surface area (Å²) < 4.78 is 8.36. The standard InChI is InChI=1S/C17H17N3O4/c18-15(21)11-3-4-12-13(10-11)24-17(14-2-1-7-20(12)14)5-8-19(9-6-17)16(22)23/h1-4,7,10H,5-6,8-9H2,(H2,18,21)(H,22,23). The highest BCUT2D eigenvalue weighted by molar-refractivity contribution is 5.93. The average Bonchev–Trinajstić information content (AvgIpc) is 3.06. The van der Waals surface area contributed by atoms with Gasteiger partial charge >= 0.3 is 6.09 Å². The summed E-state index contributed by atoms with van der Waals surface area (Å²) in [5.41, 5.74) is 7.04. The summed E-state index contributed by atoms with van der Waals surface area (Å²) in [7, 11) is 0. The second-order valence-corrected chi connectivity index (χ2v) is 6.18. The highest BCUT2D eigenvalue weighted by atomic mass is 16.5. The number of aromatic nitrogens is 1. The number of carbonyl (C=O) groups is 2. The molecule has 0 atom stereocenters. The van der Waals surface area contributed by atoms with E-state index < -0.39 is 17.6 Å². The van der Waals surface area contributed by atoms with Crippen LogP contribution in [0.25, 0.3) is 5.69 Å². The topological polar surface area (TPSA) is 97.8 Å². The van der Waals surface area contributed by atoms with Gasteiger partial charge in [0.25, 0.3) is 0 Å². The van der Waals surface area contributed by atoms with Crippen molar-refractivity contribution in [3.63, 3.8) is 0 Å². The van der Waals surface area contributed by atoms with Gasteiger partial charge in [-0.1, -0.05) is 0 Å². The summed E-state index contributed by atoms with van der Waals surface area (Å²) in [4.78, 5) is 24.0. The molecule has 124 valence electrons. The van der Waals surface area contributed by atoms with E-state index in [4.69, 9.17) is 15.6 Å². The predicted octanol–water partition coefficient (Wildman–Crippen LogP) is 1.94. The molecule has 3 heterocycles. The van der Waals surface area contributed by atoms with E-state index in [1.807, 2.05) is 29.0 Å². The van der Waals surface area contributed by atoms with E-state index in [2.05, 4.69) is 0 Å². The molecule has 2 aromatic rings. The maximum atomic E-state index is 11.5. The van der Waals surface area contributed by atoms with Gasteiger partial charge in [0, 0.05) is 37.7 Å². The molecular formula is C17H17N3O4. The Morgan fingerprint density at radius 3 is 2.62 bits per heavy atom. The Kier molecular flexibility index (Phi) is 3.06. The molecule has 0 unspecified atom stereocenters. The van der Waals surface area contributed by atoms with Gasteiger partial charge in [0.05, 0.1) is 11.4 Å². The first-order valence-corrected chi connectivity index (χ1v) is 7.79. The first-order chi connectivity index (χ1) is 11.5. The summed E-state index contributed by atoms with van der Waals surface area (Å²) in [6.07, 6.45) is 2.16. The SMILES string of the molecule is NC(=O)c1ccc2c(c1)OC1(CCN(C(=O)O)CC1)c1cccn1-2. The Morgan fingerprint density at radius 1 is 1.21 bits per heavy atom. The zero-order chi connectivity index (χ0) is 16.9. The van der Waals surface area contributed by atoms with E-state index in [9.17, 15) is 9.59 Å². The summed E-state index contributed by atoms with van der Waals surface area (Å²) >= 11 is 0. The van der Waals surface area contributed by atoms with E-state index in [0.717, 1.165) is 11.4 Å². The Hall–Kier alpha value is -2.96. The second kappa shape index (κ2) is 5.02. The number of ether oxygens (including phenoxy) is 1. The molecular weight excluding hydrogens is 310 g/mol. The van der Waals surface area contributed by atoms with Gasteiger partial charge in [-0.2, -0.15) is 0 Å². The molecule has 3 N–H and O–H groups in total. The minimum Gasteiger partial charge on any atom is -0.479 e. The van der Waals surface area contributed by atoms with Crippen molar-refractivity contribution in [3.05, 3.63) is 47.8 Å². The predicted molar refractivity (Wildman–Crippen MR) is 85.4 cm³/mol. The molecule has 1 aromatic heterocycles. The van der Waals surface area contributed by atoms with Crippen LogP contribution < -0.4 is 10.5 Å². The molecule has 2 aliphatic heterocycles. The zero-order valence-corrected chi connectivity index (χ0v) is 12.9. The fourth-order valence-corrected chi connectivity index (χ4v) is 3.59. The van der Waals surface area contributed by atoms with Gasteiger partial charge in [-0.15, -0.1) is 0 Å². The van der Waals surface area contributed by atoms with Gasteiger partial charge in [-0.3, -0.25) is 4.79 Å². The molecule has 24 heavy (non-hydrogen) atoms. The number of rotatable bonds is 1. The Labute approximate surface area is 138 Å². The normalized spacial score (nSPS) is 17.8. The van der Waals surface area contributed by atoms with E-state index in [0.29, 0.717) is 37.2 Å². The van der Waals surface area contributed by atoms with Gasteiger partial charge in [0.1, 0.15) is 5.75 Å². The van der Waals surface area contributed by atoms with Gasteiger partial charge in [0.2, 0.25) is 5.91 Å². The van der Waals surface area contributed by atoms with Crippen molar-refractivity contribution in [1.29, 1.82) is 0 Å².